The Bertz CT molecular complexity index is 420. The third-order valence-corrected chi connectivity index (χ3v) is 4.14. The molecule has 0 spiro atoms. The number of alkyl carbamates (subject to hydrolysis) is 1. The highest BCUT2D eigenvalue weighted by Crippen LogP contribution is 2.21. The van der Waals surface area contributed by atoms with E-state index in [1.165, 1.54) is 4.90 Å². The Kier molecular flexibility index (Phi) is 5.03. The van der Waals surface area contributed by atoms with Crippen LogP contribution in [0.15, 0.2) is 0 Å². The summed E-state index contributed by atoms with van der Waals surface area (Å²) >= 11 is 0. The molecule has 2 atom stereocenters. The van der Waals surface area contributed by atoms with E-state index in [2.05, 4.69) is 5.32 Å². The Balaban J connectivity index is 1.84. The molecule has 2 fully saturated rings. The molecule has 1 aliphatic heterocycles. The second-order valence-electron chi connectivity index (χ2n) is 5.77. The maximum absolute atomic E-state index is 12.3. The summed E-state index contributed by atoms with van der Waals surface area (Å²) in [6.07, 6.45) is 4.62. The Morgan fingerprint density at radius 3 is 2.48 bits per heavy atom. The Hall–Kier alpha value is -1.79. The molecule has 2 aliphatic rings. The second-order valence-corrected chi connectivity index (χ2v) is 5.77. The summed E-state index contributed by atoms with van der Waals surface area (Å²) in [6, 6.07) is -1.29. The van der Waals surface area contributed by atoms with Gasteiger partial charge in [0.05, 0.1) is 0 Å². The minimum Gasteiger partial charge on any atom is -0.446 e. The van der Waals surface area contributed by atoms with Crippen molar-refractivity contribution in [3.05, 3.63) is 0 Å². The van der Waals surface area contributed by atoms with Crippen LogP contribution < -0.4 is 11.1 Å². The zero-order chi connectivity index (χ0) is 15.4. The number of nitrogens with zero attached hydrogens (tertiary/aromatic N) is 1. The van der Waals surface area contributed by atoms with Gasteiger partial charge in [0, 0.05) is 6.54 Å². The van der Waals surface area contributed by atoms with Crippen LogP contribution in [-0.4, -0.2) is 47.5 Å². The van der Waals surface area contributed by atoms with E-state index in [0.29, 0.717) is 13.0 Å². The van der Waals surface area contributed by atoms with Crippen LogP contribution in [0.2, 0.25) is 0 Å². The number of hydrogen-bond acceptors (Lipinski definition) is 4. The number of rotatable bonds is 4. The number of nitrogens with one attached hydrogen (secondary N) is 1. The highest BCUT2D eigenvalue weighted by Gasteiger charge is 2.35. The highest BCUT2D eigenvalue weighted by molar-refractivity contribution is 5.91. The van der Waals surface area contributed by atoms with Crippen molar-refractivity contribution in [1.29, 1.82) is 0 Å². The highest BCUT2D eigenvalue weighted by atomic mass is 16.6. The molecule has 0 aromatic carbocycles. The van der Waals surface area contributed by atoms with E-state index in [1.807, 2.05) is 0 Å². The van der Waals surface area contributed by atoms with Gasteiger partial charge in [0.25, 0.3) is 0 Å². The van der Waals surface area contributed by atoms with Gasteiger partial charge in [-0.25, -0.2) is 4.79 Å². The van der Waals surface area contributed by atoms with Gasteiger partial charge in [0.2, 0.25) is 11.8 Å². The molecule has 21 heavy (non-hydrogen) atoms. The second kappa shape index (κ2) is 6.78. The average molecular weight is 297 g/mol. The lowest BCUT2D eigenvalue weighted by molar-refractivity contribution is -0.138. The Labute approximate surface area is 124 Å². The molecule has 1 saturated carbocycles. The summed E-state index contributed by atoms with van der Waals surface area (Å²) < 4.78 is 5.26. The third kappa shape index (κ3) is 3.86. The van der Waals surface area contributed by atoms with Crippen LogP contribution in [0, 0.1) is 0 Å². The lowest BCUT2D eigenvalue weighted by atomic mass is 10.2. The molecule has 0 unspecified atom stereocenters. The average Bonchev–Trinajstić information content (AvgIpc) is 3.07. The van der Waals surface area contributed by atoms with Crippen LogP contribution in [-0.2, 0) is 14.3 Å². The third-order valence-electron chi connectivity index (χ3n) is 4.14. The number of ether oxygens (including phenoxy) is 1. The first-order valence-electron chi connectivity index (χ1n) is 7.56. The molecular weight excluding hydrogens is 274 g/mol. The predicted molar refractivity (Wildman–Crippen MR) is 75.3 cm³/mol. The van der Waals surface area contributed by atoms with Crippen molar-refractivity contribution in [3.8, 4) is 0 Å². The summed E-state index contributed by atoms with van der Waals surface area (Å²) in [5, 5.41) is 2.54. The van der Waals surface area contributed by atoms with Gasteiger partial charge in [-0.3, -0.25) is 9.59 Å². The summed E-state index contributed by atoms with van der Waals surface area (Å²) in [7, 11) is 0. The molecule has 2 rings (SSSR count). The van der Waals surface area contributed by atoms with Crippen molar-refractivity contribution in [2.24, 2.45) is 5.73 Å². The number of carbonyl (C=O) groups is 3. The molecule has 0 aromatic rings. The monoisotopic (exact) mass is 297 g/mol. The van der Waals surface area contributed by atoms with Crippen LogP contribution in [0.4, 0.5) is 4.79 Å². The van der Waals surface area contributed by atoms with Gasteiger partial charge < -0.3 is 20.7 Å². The van der Waals surface area contributed by atoms with Gasteiger partial charge in [0.1, 0.15) is 18.2 Å². The molecule has 1 saturated heterocycles. The summed E-state index contributed by atoms with van der Waals surface area (Å²) in [4.78, 5) is 36.8. The van der Waals surface area contributed by atoms with Crippen molar-refractivity contribution in [2.75, 3.05) is 6.54 Å². The first-order chi connectivity index (χ1) is 9.99. The van der Waals surface area contributed by atoms with Gasteiger partial charge in [-0.2, -0.15) is 0 Å². The van der Waals surface area contributed by atoms with Crippen molar-refractivity contribution in [1.82, 2.24) is 10.2 Å². The quantitative estimate of drug-likeness (QED) is 0.789. The van der Waals surface area contributed by atoms with Gasteiger partial charge >= 0.3 is 6.09 Å². The Morgan fingerprint density at radius 1 is 1.19 bits per heavy atom. The fourth-order valence-corrected chi connectivity index (χ4v) is 3.01. The molecule has 7 heteroatoms. The fourth-order valence-electron chi connectivity index (χ4n) is 3.01. The van der Waals surface area contributed by atoms with E-state index >= 15 is 0 Å². The van der Waals surface area contributed by atoms with E-state index in [4.69, 9.17) is 10.5 Å². The number of amides is 3. The molecule has 118 valence electrons. The van der Waals surface area contributed by atoms with Crippen molar-refractivity contribution in [3.63, 3.8) is 0 Å². The van der Waals surface area contributed by atoms with Crippen LogP contribution in [0.5, 0.6) is 0 Å². The number of hydrogen-bond donors (Lipinski definition) is 2. The Morgan fingerprint density at radius 2 is 1.86 bits per heavy atom. The molecule has 0 radical (unpaired) electrons. The predicted octanol–water partition coefficient (Wildman–Crippen LogP) is 0.520. The number of carbonyl (C=O) groups excluding carboxylic acids is 3. The van der Waals surface area contributed by atoms with Crippen LogP contribution in [0.25, 0.3) is 0 Å². The van der Waals surface area contributed by atoms with E-state index in [-0.39, 0.29) is 12.0 Å². The number of nitrogens with two attached hydrogens (primary N) is 1. The fraction of sp³-hybridized carbons (Fsp3) is 0.786. The number of primary amides is 1. The number of likely N-dealkylation sites (tertiary alicyclic amines) is 1. The molecule has 1 aliphatic carbocycles. The first kappa shape index (κ1) is 15.6. The SMILES string of the molecule is C[C@H](NC(=O)OC1CCCC1)C(=O)N1CCC[C@H]1C(N)=O. The maximum Gasteiger partial charge on any atom is 0.408 e. The zero-order valence-corrected chi connectivity index (χ0v) is 12.3. The van der Waals surface area contributed by atoms with E-state index in [0.717, 1.165) is 32.1 Å². The van der Waals surface area contributed by atoms with E-state index in [9.17, 15) is 14.4 Å². The van der Waals surface area contributed by atoms with Crippen molar-refractivity contribution < 1.29 is 19.1 Å². The lowest BCUT2D eigenvalue weighted by Gasteiger charge is -2.26. The van der Waals surface area contributed by atoms with Crippen LogP contribution >= 0.6 is 0 Å². The van der Waals surface area contributed by atoms with Crippen molar-refractivity contribution >= 4 is 17.9 Å². The largest absolute Gasteiger partial charge is 0.446 e. The lowest BCUT2D eigenvalue weighted by Crippen LogP contribution is -2.51. The van der Waals surface area contributed by atoms with Crippen LogP contribution in [0.3, 0.4) is 0 Å². The molecule has 7 nitrogen and oxygen atoms in total. The van der Waals surface area contributed by atoms with E-state index in [1.54, 1.807) is 6.92 Å². The summed E-state index contributed by atoms with van der Waals surface area (Å²) in [5.41, 5.74) is 5.29. The summed E-state index contributed by atoms with van der Waals surface area (Å²) in [6.45, 7) is 2.09. The molecule has 3 N–H and O–H groups in total. The first-order valence-corrected chi connectivity index (χ1v) is 7.56. The van der Waals surface area contributed by atoms with Gasteiger partial charge in [-0.15, -0.1) is 0 Å². The zero-order valence-electron chi connectivity index (χ0n) is 12.3. The van der Waals surface area contributed by atoms with Gasteiger partial charge in [-0.05, 0) is 45.4 Å². The van der Waals surface area contributed by atoms with E-state index < -0.39 is 24.1 Å². The molecule has 0 aromatic heterocycles. The molecular formula is C14H23N3O4. The molecule has 0 bridgehead atoms. The van der Waals surface area contributed by atoms with Gasteiger partial charge in [0.15, 0.2) is 0 Å². The maximum atomic E-state index is 12.3. The summed E-state index contributed by atoms with van der Waals surface area (Å²) in [5.74, 6) is -0.791. The molecule has 3 amide bonds. The topological polar surface area (TPSA) is 102 Å². The minimum atomic E-state index is -0.723. The van der Waals surface area contributed by atoms with Crippen LogP contribution in [0.1, 0.15) is 45.4 Å². The molecule has 1 heterocycles. The smallest absolute Gasteiger partial charge is 0.408 e. The van der Waals surface area contributed by atoms with Crippen molar-refractivity contribution in [2.45, 2.75) is 63.6 Å². The standard InChI is InChI=1S/C14H23N3O4/c1-9(16-14(20)21-10-5-2-3-6-10)13(19)17-8-4-7-11(17)12(15)18/h9-11H,2-8H2,1H3,(H2,15,18)(H,16,20)/t9-,11-/m0/s1. The normalized spacial score (nSPS) is 23.9. The van der Waals surface area contributed by atoms with Gasteiger partial charge in [-0.1, -0.05) is 0 Å². The minimum absolute atomic E-state index is 0.0440.